The number of carboxylic acids is 5. The number of amides is 10. The van der Waals surface area contributed by atoms with E-state index in [2.05, 4.69) is 44.5 Å². The largest absolute Gasteiger partial charge is 0.481 e. The summed E-state index contributed by atoms with van der Waals surface area (Å²) < 4.78 is 0. The zero-order chi connectivity index (χ0) is 56.7. The molecule has 1 heterocycles. The monoisotopic (exact) mass is 1080 g/mol. The first kappa shape index (κ1) is 64.3. The Kier molecular flexibility index (Phi) is 27.0. The van der Waals surface area contributed by atoms with Crippen molar-refractivity contribution in [3.8, 4) is 0 Å². The molecule has 0 aliphatic carbocycles. The highest BCUT2D eigenvalue weighted by molar-refractivity contribution is 7.80. The Bertz CT molecular complexity index is 2140. The van der Waals surface area contributed by atoms with Crippen molar-refractivity contribution in [1.29, 1.82) is 0 Å². The van der Waals surface area contributed by atoms with E-state index < -0.39 is 207 Å². The van der Waals surface area contributed by atoms with Crippen LogP contribution in [0.3, 0.4) is 0 Å². The molecule has 1 fully saturated rings. The molecule has 0 bridgehead atoms. The van der Waals surface area contributed by atoms with Gasteiger partial charge in [0.05, 0.1) is 38.0 Å². The van der Waals surface area contributed by atoms with Crippen molar-refractivity contribution in [3.63, 3.8) is 0 Å². The molecule has 10 atom stereocenters. The molecule has 0 aromatic heterocycles. The quantitative estimate of drug-likeness (QED) is 0.0272. The maximum Gasteiger partial charge on any atom is 0.327 e. The number of aliphatic hydroxyl groups is 1. The number of hydrogen-bond acceptors (Lipinski definition) is 18. The third-order valence-electron chi connectivity index (χ3n) is 10.7. The second-order valence-electron chi connectivity index (χ2n) is 17.1. The lowest BCUT2D eigenvalue weighted by Gasteiger charge is -2.31. The molecule has 0 radical (unpaired) electrons. The topological polar surface area (TPSA) is 529 Å². The fourth-order valence-electron chi connectivity index (χ4n) is 6.86. The smallest absolute Gasteiger partial charge is 0.327 e. The number of aliphatic hydroxyl groups excluding tert-OH is 1. The van der Waals surface area contributed by atoms with Gasteiger partial charge < -0.3 is 89.5 Å². The third kappa shape index (κ3) is 22.4. The zero-order valence-electron chi connectivity index (χ0n) is 40.2. The van der Waals surface area contributed by atoms with Crippen LogP contribution in [0.1, 0.15) is 78.6 Å². The Morgan fingerprint density at radius 2 is 1.05 bits per heavy atom. The van der Waals surface area contributed by atoms with Crippen molar-refractivity contribution in [2.24, 2.45) is 17.4 Å². The predicted molar refractivity (Wildman–Crippen MR) is 249 cm³/mol. The van der Waals surface area contributed by atoms with Crippen LogP contribution in [0.5, 0.6) is 0 Å². The molecule has 0 aromatic rings. The Labute approximate surface area is 426 Å². The average Bonchev–Trinajstić information content (AvgIpc) is 3.79. The van der Waals surface area contributed by atoms with Crippen LogP contribution in [0.15, 0.2) is 0 Å². The molecule has 10 amide bonds. The number of rotatable bonds is 33. The second-order valence-corrected chi connectivity index (χ2v) is 17.5. The van der Waals surface area contributed by atoms with Crippen molar-refractivity contribution >= 4 is 102 Å². The van der Waals surface area contributed by atoms with E-state index in [0.717, 1.165) is 11.8 Å². The minimum atomic E-state index is -2.11. The van der Waals surface area contributed by atoms with E-state index in [1.54, 1.807) is 0 Å². The lowest BCUT2D eigenvalue weighted by atomic mass is 10.0. The molecule has 74 heavy (non-hydrogen) atoms. The number of thiol groups is 1. The molecule has 1 saturated heterocycles. The summed E-state index contributed by atoms with van der Waals surface area (Å²) in [4.78, 5) is 189. The first-order valence-corrected chi connectivity index (χ1v) is 23.2. The van der Waals surface area contributed by atoms with Gasteiger partial charge in [0, 0.05) is 25.1 Å². The highest BCUT2D eigenvalue weighted by Crippen LogP contribution is 2.21. The minimum Gasteiger partial charge on any atom is -0.481 e. The van der Waals surface area contributed by atoms with Crippen LogP contribution in [0.25, 0.3) is 0 Å². The van der Waals surface area contributed by atoms with Gasteiger partial charge in [0.1, 0.15) is 48.3 Å². The van der Waals surface area contributed by atoms with Gasteiger partial charge in [-0.25, -0.2) is 4.79 Å². The maximum atomic E-state index is 14.0. The fraction of sp³-hybridized carbons (Fsp3) is 0.634. The van der Waals surface area contributed by atoms with Crippen LogP contribution in [0.4, 0.5) is 0 Å². The fourth-order valence-corrected chi connectivity index (χ4v) is 7.11. The molecule has 1 aliphatic rings. The molecule has 0 unspecified atom stereocenters. The molecule has 32 nitrogen and oxygen atoms in total. The Morgan fingerprint density at radius 1 is 0.581 bits per heavy atom. The third-order valence-corrected chi connectivity index (χ3v) is 11.1. The molecule has 0 aromatic carbocycles. The summed E-state index contributed by atoms with van der Waals surface area (Å²) in [6, 6.07) is -15.3. The van der Waals surface area contributed by atoms with Gasteiger partial charge in [-0.15, -0.1) is 0 Å². The van der Waals surface area contributed by atoms with Crippen LogP contribution in [0.2, 0.25) is 0 Å². The molecule has 0 spiro atoms. The Balaban J connectivity index is 3.23. The van der Waals surface area contributed by atoms with Gasteiger partial charge in [0.2, 0.25) is 59.1 Å². The number of hydrogen-bond donors (Lipinski definition) is 17. The highest BCUT2D eigenvalue weighted by Gasteiger charge is 2.41. The standard InChI is InChI=1S/C41H63N11O21S/c1-16(2)31(40(71)52-10-4-5-24(52)38(69)46-20(7-9-28(58)59)36(67)51-32(17(3)53)39(70)49-23(15-74)41(72)73)50-26(55)14-44-34(65)21(12-29(60)61)47-37(68)22(13-30(62)63)48-35(66)19(6-8-27(56)57)45-33(64)18(42)11-25(43)54/h16-24,31-32,53,74H,4-15,42H2,1-3H3,(H2,43,54)(H,44,65)(H,45,64)(H,46,69)(H,47,68)(H,48,66)(H,49,70)(H,50,55)(H,51,67)(H,56,57)(H,58,59)(H,60,61)(H,62,63)(H,72,73)/t17-,18+,19+,20+,21+,22+,23+,24+,31+,32+/m1/s1. The number of primary amides is 1. The van der Waals surface area contributed by atoms with Crippen LogP contribution >= 0.6 is 12.6 Å². The lowest BCUT2D eigenvalue weighted by Crippen LogP contribution is -2.61. The molecule has 18 N–H and O–H groups in total. The molecule has 414 valence electrons. The van der Waals surface area contributed by atoms with Gasteiger partial charge in [-0.05, 0) is 38.5 Å². The summed E-state index contributed by atoms with van der Waals surface area (Å²) in [6.07, 6.45) is -7.17. The van der Waals surface area contributed by atoms with Gasteiger partial charge in [0.25, 0.3) is 0 Å². The van der Waals surface area contributed by atoms with Crippen molar-refractivity contribution in [3.05, 3.63) is 0 Å². The van der Waals surface area contributed by atoms with Gasteiger partial charge in [-0.2, -0.15) is 12.6 Å². The summed E-state index contributed by atoms with van der Waals surface area (Å²) in [7, 11) is 0. The maximum absolute atomic E-state index is 14.0. The number of nitrogens with one attached hydrogen (secondary N) is 8. The van der Waals surface area contributed by atoms with Crippen molar-refractivity contribution < 1.29 is 103 Å². The SMILES string of the molecule is CC(C)[C@H](NC(=O)CNC(=O)[C@H](CC(=O)O)NC(=O)[C@H](CC(=O)O)NC(=O)[C@H](CCC(=O)O)NC(=O)[C@@H](N)CC(N)=O)C(=O)N1CCC[C@H]1C(=O)N[C@@H](CCC(=O)O)C(=O)N[C@H](C(=O)N[C@@H](CS)C(=O)O)[C@@H](C)O. The number of nitrogens with two attached hydrogens (primary N) is 2. The van der Waals surface area contributed by atoms with Crippen molar-refractivity contribution in [2.45, 2.75) is 139 Å². The summed E-state index contributed by atoms with van der Waals surface area (Å²) in [5, 5.41) is 74.0. The van der Waals surface area contributed by atoms with E-state index in [0.29, 0.717) is 0 Å². The molecular formula is C41H63N11O21S. The molecule has 1 aliphatic heterocycles. The number of carbonyl (C=O) groups excluding carboxylic acids is 10. The lowest BCUT2D eigenvalue weighted by molar-refractivity contribution is -0.144. The minimum absolute atomic E-state index is 0.00133. The summed E-state index contributed by atoms with van der Waals surface area (Å²) in [5.74, 6) is -20.4. The molecule has 0 saturated carbocycles. The Morgan fingerprint density at radius 3 is 1.51 bits per heavy atom. The average molecular weight is 1080 g/mol. The second kappa shape index (κ2) is 31.0. The molecular weight excluding hydrogens is 1010 g/mol. The zero-order valence-corrected chi connectivity index (χ0v) is 41.1. The van der Waals surface area contributed by atoms with Gasteiger partial charge in [0.15, 0.2) is 0 Å². The van der Waals surface area contributed by atoms with Crippen molar-refractivity contribution in [1.82, 2.24) is 47.4 Å². The van der Waals surface area contributed by atoms with Gasteiger partial charge in [-0.1, -0.05) is 13.8 Å². The molecule has 33 heteroatoms. The summed E-state index contributed by atoms with van der Waals surface area (Å²) in [6.45, 7) is 3.02. The van der Waals surface area contributed by atoms with Gasteiger partial charge in [-0.3, -0.25) is 67.1 Å². The first-order valence-electron chi connectivity index (χ1n) is 22.5. The van der Waals surface area contributed by atoms with E-state index in [9.17, 15) is 97.5 Å². The number of carboxylic acid groups (broad SMARTS) is 5. The van der Waals surface area contributed by atoms with E-state index in [4.69, 9.17) is 16.6 Å². The Hall–Kier alpha value is -7.68. The van der Waals surface area contributed by atoms with Crippen LogP contribution in [0, 0.1) is 5.92 Å². The summed E-state index contributed by atoms with van der Waals surface area (Å²) in [5.41, 5.74) is 10.6. The van der Waals surface area contributed by atoms with Crippen LogP contribution in [-0.4, -0.2) is 204 Å². The van der Waals surface area contributed by atoms with E-state index in [1.165, 1.54) is 13.8 Å². The number of likely N-dealkylation sites (tertiary alicyclic amines) is 1. The highest BCUT2D eigenvalue weighted by atomic mass is 32.1. The van der Waals surface area contributed by atoms with Crippen LogP contribution in [-0.2, 0) is 71.9 Å². The van der Waals surface area contributed by atoms with E-state index >= 15 is 0 Å². The van der Waals surface area contributed by atoms with Crippen LogP contribution < -0.4 is 54.0 Å². The normalized spacial score (nSPS) is 16.6. The number of aliphatic carboxylic acids is 5. The summed E-state index contributed by atoms with van der Waals surface area (Å²) >= 11 is 3.84. The number of carbonyl (C=O) groups is 15. The van der Waals surface area contributed by atoms with Crippen molar-refractivity contribution in [2.75, 3.05) is 18.8 Å². The predicted octanol–water partition coefficient (Wildman–Crippen LogP) is -7.58. The number of nitrogens with zero attached hydrogens (tertiary/aromatic N) is 1. The van der Waals surface area contributed by atoms with Gasteiger partial charge >= 0.3 is 29.8 Å². The molecule has 1 rings (SSSR count). The van der Waals surface area contributed by atoms with E-state index in [1.807, 2.05) is 10.6 Å². The first-order chi connectivity index (χ1) is 34.4. The van der Waals surface area contributed by atoms with E-state index in [-0.39, 0.29) is 25.1 Å².